The molecule has 2 heterocycles. The molecule has 0 amide bonds. The molecule has 4 nitrogen and oxygen atoms in total. The van der Waals surface area contributed by atoms with Crippen molar-refractivity contribution in [3.05, 3.63) is 11.3 Å². The number of carbonyl (C=O) groups excluding carboxylic acids is 2. The van der Waals surface area contributed by atoms with Crippen molar-refractivity contribution >= 4 is 12.1 Å². The number of allylic oxidation sites excluding steroid dienone is 2. The Kier molecular flexibility index (Phi) is 2.54. The van der Waals surface area contributed by atoms with Gasteiger partial charge in [-0.2, -0.15) is 0 Å². The van der Waals surface area contributed by atoms with Crippen molar-refractivity contribution in [2.24, 2.45) is 17.8 Å². The van der Waals surface area contributed by atoms with Crippen molar-refractivity contribution in [3.63, 3.8) is 0 Å². The van der Waals surface area contributed by atoms with Gasteiger partial charge in [-0.1, -0.05) is 6.92 Å². The van der Waals surface area contributed by atoms with Gasteiger partial charge in [0.05, 0.1) is 6.61 Å². The van der Waals surface area contributed by atoms with Gasteiger partial charge in [0.25, 0.3) is 0 Å². The molecule has 0 aromatic rings. The third-order valence-electron chi connectivity index (χ3n) is 4.04. The van der Waals surface area contributed by atoms with Gasteiger partial charge in [0.15, 0.2) is 11.5 Å². The van der Waals surface area contributed by atoms with Gasteiger partial charge in [-0.25, -0.2) is 0 Å². The SMILES string of the molecule is CC1COC2OC3=C(CC(C=O)CC3=O)CC12. The Morgan fingerprint density at radius 3 is 2.88 bits per heavy atom. The number of rotatable bonds is 1. The molecule has 4 heteroatoms. The highest BCUT2D eigenvalue weighted by Crippen LogP contribution is 2.43. The largest absolute Gasteiger partial charge is 0.461 e. The molecule has 0 aromatic carbocycles. The molecular weight excluding hydrogens is 220 g/mol. The van der Waals surface area contributed by atoms with Crippen LogP contribution in [0, 0.1) is 17.8 Å². The summed E-state index contributed by atoms with van der Waals surface area (Å²) in [6.07, 6.45) is 2.45. The summed E-state index contributed by atoms with van der Waals surface area (Å²) < 4.78 is 11.2. The van der Waals surface area contributed by atoms with Gasteiger partial charge in [0.1, 0.15) is 6.29 Å². The lowest BCUT2D eigenvalue weighted by Gasteiger charge is -2.34. The first-order valence-corrected chi connectivity index (χ1v) is 6.18. The van der Waals surface area contributed by atoms with E-state index in [0.717, 1.165) is 18.3 Å². The molecule has 0 aromatic heterocycles. The molecule has 92 valence electrons. The summed E-state index contributed by atoms with van der Waals surface area (Å²) in [5.41, 5.74) is 1.02. The zero-order valence-electron chi connectivity index (χ0n) is 9.85. The summed E-state index contributed by atoms with van der Waals surface area (Å²) >= 11 is 0. The van der Waals surface area contributed by atoms with Crippen molar-refractivity contribution in [1.82, 2.24) is 0 Å². The van der Waals surface area contributed by atoms with E-state index in [1.165, 1.54) is 0 Å². The molecule has 4 atom stereocenters. The van der Waals surface area contributed by atoms with E-state index in [9.17, 15) is 9.59 Å². The van der Waals surface area contributed by atoms with Gasteiger partial charge >= 0.3 is 0 Å². The maximum absolute atomic E-state index is 11.9. The second kappa shape index (κ2) is 3.95. The Labute approximate surface area is 100.0 Å². The molecule has 1 fully saturated rings. The normalized spacial score (nSPS) is 40.6. The predicted molar refractivity (Wildman–Crippen MR) is 58.9 cm³/mol. The van der Waals surface area contributed by atoms with Crippen LogP contribution in [0.3, 0.4) is 0 Å². The van der Waals surface area contributed by atoms with Crippen LogP contribution in [0.4, 0.5) is 0 Å². The second-order valence-corrected chi connectivity index (χ2v) is 5.33. The lowest BCUT2D eigenvalue weighted by molar-refractivity contribution is -0.141. The first-order valence-electron chi connectivity index (χ1n) is 6.18. The molecule has 0 saturated carbocycles. The third-order valence-corrected chi connectivity index (χ3v) is 4.04. The number of aldehydes is 1. The van der Waals surface area contributed by atoms with Crippen LogP contribution >= 0.6 is 0 Å². The fourth-order valence-electron chi connectivity index (χ4n) is 3.01. The maximum Gasteiger partial charge on any atom is 0.203 e. The average Bonchev–Trinajstić information content (AvgIpc) is 2.69. The highest BCUT2D eigenvalue weighted by Gasteiger charge is 2.44. The molecule has 1 saturated heterocycles. The molecular formula is C13H16O4. The Morgan fingerprint density at radius 2 is 2.12 bits per heavy atom. The maximum atomic E-state index is 11.9. The molecule has 3 aliphatic rings. The lowest BCUT2D eigenvalue weighted by Crippen LogP contribution is -2.34. The van der Waals surface area contributed by atoms with Crippen molar-refractivity contribution in [2.45, 2.75) is 32.5 Å². The van der Waals surface area contributed by atoms with Gasteiger partial charge < -0.3 is 14.3 Å². The number of ketones is 1. The van der Waals surface area contributed by atoms with Crippen molar-refractivity contribution in [2.75, 3.05) is 6.61 Å². The summed E-state index contributed by atoms with van der Waals surface area (Å²) in [5.74, 6) is 1.09. The molecule has 4 unspecified atom stereocenters. The first-order chi connectivity index (χ1) is 8.19. The Balaban J connectivity index is 1.87. The van der Waals surface area contributed by atoms with E-state index in [4.69, 9.17) is 9.47 Å². The quantitative estimate of drug-likeness (QED) is 0.646. The van der Waals surface area contributed by atoms with E-state index < -0.39 is 0 Å². The van der Waals surface area contributed by atoms with Crippen LogP contribution in [0.5, 0.6) is 0 Å². The minimum atomic E-state index is -0.250. The zero-order chi connectivity index (χ0) is 12.0. The molecule has 3 rings (SSSR count). The van der Waals surface area contributed by atoms with Crippen LogP contribution < -0.4 is 0 Å². The van der Waals surface area contributed by atoms with Crippen molar-refractivity contribution in [1.29, 1.82) is 0 Å². The molecule has 0 bridgehead atoms. The molecule has 0 radical (unpaired) electrons. The van der Waals surface area contributed by atoms with Crippen LogP contribution in [0.15, 0.2) is 11.3 Å². The van der Waals surface area contributed by atoms with Crippen molar-refractivity contribution in [3.8, 4) is 0 Å². The van der Waals surface area contributed by atoms with Gasteiger partial charge in [-0.15, -0.1) is 0 Å². The summed E-state index contributed by atoms with van der Waals surface area (Å²) in [5, 5.41) is 0. The molecule has 0 N–H and O–H groups in total. The second-order valence-electron chi connectivity index (χ2n) is 5.33. The minimum Gasteiger partial charge on any atom is -0.461 e. The standard InChI is InChI=1S/C13H16O4/c1-7-6-16-13-10(7)4-9-2-8(5-14)3-11(15)12(9)17-13/h5,7-8,10,13H,2-4,6H2,1H3. The number of Topliss-reactive ketones (excluding diaryl/α,β-unsaturated/α-hetero) is 1. The van der Waals surface area contributed by atoms with Crippen molar-refractivity contribution < 1.29 is 19.1 Å². The van der Waals surface area contributed by atoms with E-state index in [-0.39, 0.29) is 24.4 Å². The highest BCUT2D eigenvalue weighted by molar-refractivity contribution is 5.97. The number of carbonyl (C=O) groups is 2. The molecule has 17 heavy (non-hydrogen) atoms. The topological polar surface area (TPSA) is 52.6 Å². The number of hydrogen-bond acceptors (Lipinski definition) is 4. The van der Waals surface area contributed by atoms with E-state index in [1.807, 2.05) is 0 Å². The van der Waals surface area contributed by atoms with E-state index in [0.29, 0.717) is 30.6 Å². The van der Waals surface area contributed by atoms with E-state index in [2.05, 4.69) is 6.92 Å². The fourth-order valence-corrected chi connectivity index (χ4v) is 3.01. The summed E-state index contributed by atoms with van der Waals surface area (Å²) in [6.45, 7) is 2.84. The summed E-state index contributed by atoms with van der Waals surface area (Å²) in [4.78, 5) is 22.7. The van der Waals surface area contributed by atoms with Crippen LogP contribution in [0.25, 0.3) is 0 Å². The van der Waals surface area contributed by atoms with Gasteiger partial charge in [0, 0.05) is 18.3 Å². The third kappa shape index (κ3) is 1.71. The molecule has 0 spiro atoms. The monoisotopic (exact) mass is 236 g/mol. The summed E-state index contributed by atoms with van der Waals surface area (Å²) in [6, 6.07) is 0. The first kappa shape index (κ1) is 11.0. The predicted octanol–water partition coefficient (Wildman–Crippen LogP) is 1.45. The Hall–Kier alpha value is -1.16. The molecule has 1 aliphatic carbocycles. The van der Waals surface area contributed by atoms with Gasteiger partial charge in [0.2, 0.25) is 6.29 Å². The molecule has 2 aliphatic heterocycles. The minimum absolute atomic E-state index is 0.0371. The highest BCUT2D eigenvalue weighted by atomic mass is 16.7. The smallest absolute Gasteiger partial charge is 0.203 e. The van der Waals surface area contributed by atoms with Gasteiger partial charge in [-0.05, 0) is 24.3 Å². The average molecular weight is 236 g/mol. The Bertz CT molecular complexity index is 398. The number of hydrogen-bond donors (Lipinski definition) is 0. The summed E-state index contributed by atoms with van der Waals surface area (Å²) in [7, 11) is 0. The number of fused-ring (bicyclic) bond motifs is 1. The van der Waals surface area contributed by atoms with Crippen LogP contribution in [-0.2, 0) is 19.1 Å². The van der Waals surface area contributed by atoms with Gasteiger partial charge in [-0.3, -0.25) is 4.79 Å². The van der Waals surface area contributed by atoms with Crippen LogP contribution in [-0.4, -0.2) is 25.0 Å². The van der Waals surface area contributed by atoms with E-state index >= 15 is 0 Å². The lowest BCUT2D eigenvalue weighted by atomic mass is 9.79. The van der Waals surface area contributed by atoms with Crippen LogP contribution in [0.2, 0.25) is 0 Å². The van der Waals surface area contributed by atoms with Crippen LogP contribution in [0.1, 0.15) is 26.2 Å². The number of ether oxygens (including phenoxy) is 2. The Morgan fingerprint density at radius 1 is 1.29 bits per heavy atom. The van der Waals surface area contributed by atoms with E-state index in [1.54, 1.807) is 0 Å². The zero-order valence-corrected chi connectivity index (χ0v) is 9.85. The fraction of sp³-hybridized carbons (Fsp3) is 0.692.